The highest BCUT2D eigenvalue weighted by Gasteiger charge is 2.31. The standard InChI is InChI=1S/C23H30N6O2/c1-23(2,3)9-12-28-16(5-6-21(28)30)13-25-20-8-11-29-22(27-20)18(14-26-29)17-7-10-24-15-19(17)31-4/h7-8,10-11,14-16H,5-6,9,12-13H2,1-4H3,(H,25,27). The van der Waals surface area contributed by atoms with Gasteiger partial charge < -0.3 is 15.0 Å². The first-order valence-corrected chi connectivity index (χ1v) is 10.7. The lowest BCUT2D eigenvalue weighted by Crippen LogP contribution is -2.39. The summed E-state index contributed by atoms with van der Waals surface area (Å²) in [4.78, 5) is 23.3. The molecule has 3 aromatic rings. The molecule has 1 aliphatic heterocycles. The van der Waals surface area contributed by atoms with Crippen molar-refractivity contribution in [3.05, 3.63) is 36.9 Å². The molecule has 1 N–H and O–H groups in total. The number of anilines is 1. The van der Waals surface area contributed by atoms with Crippen LogP contribution in [0.5, 0.6) is 5.75 Å². The van der Waals surface area contributed by atoms with Crippen LogP contribution in [0.4, 0.5) is 5.82 Å². The van der Waals surface area contributed by atoms with E-state index in [4.69, 9.17) is 9.72 Å². The molecule has 0 spiro atoms. The van der Waals surface area contributed by atoms with Crippen molar-refractivity contribution in [3.8, 4) is 16.9 Å². The average Bonchev–Trinajstić information content (AvgIpc) is 3.32. The van der Waals surface area contributed by atoms with Crippen LogP contribution in [0.25, 0.3) is 16.8 Å². The Labute approximate surface area is 182 Å². The van der Waals surface area contributed by atoms with Gasteiger partial charge in [-0.15, -0.1) is 0 Å². The van der Waals surface area contributed by atoms with Gasteiger partial charge in [-0.2, -0.15) is 5.10 Å². The number of amides is 1. The van der Waals surface area contributed by atoms with Gasteiger partial charge in [0.15, 0.2) is 5.65 Å². The zero-order chi connectivity index (χ0) is 22.0. The normalized spacial score (nSPS) is 16.8. The maximum atomic E-state index is 12.4. The summed E-state index contributed by atoms with van der Waals surface area (Å²) in [5.41, 5.74) is 2.72. The Kier molecular flexibility index (Phi) is 5.80. The summed E-state index contributed by atoms with van der Waals surface area (Å²) < 4.78 is 7.20. The van der Waals surface area contributed by atoms with E-state index in [-0.39, 0.29) is 17.4 Å². The average molecular weight is 423 g/mol. The van der Waals surface area contributed by atoms with Crippen LogP contribution in [0.3, 0.4) is 0 Å². The van der Waals surface area contributed by atoms with E-state index in [0.717, 1.165) is 42.0 Å². The van der Waals surface area contributed by atoms with Crippen molar-refractivity contribution >= 4 is 17.4 Å². The number of methoxy groups -OCH3 is 1. The highest BCUT2D eigenvalue weighted by molar-refractivity contribution is 5.81. The second kappa shape index (κ2) is 8.53. The summed E-state index contributed by atoms with van der Waals surface area (Å²) in [5.74, 6) is 1.69. The first-order valence-electron chi connectivity index (χ1n) is 10.7. The van der Waals surface area contributed by atoms with E-state index < -0.39 is 0 Å². The molecule has 1 atom stereocenters. The first-order chi connectivity index (χ1) is 14.9. The van der Waals surface area contributed by atoms with Crippen molar-refractivity contribution in [2.75, 3.05) is 25.5 Å². The van der Waals surface area contributed by atoms with Crippen LogP contribution in [-0.2, 0) is 4.79 Å². The Balaban J connectivity index is 1.51. The van der Waals surface area contributed by atoms with Crippen molar-refractivity contribution in [2.45, 2.75) is 46.1 Å². The van der Waals surface area contributed by atoms with E-state index in [0.29, 0.717) is 18.7 Å². The fourth-order valence-electron chi connectivity index (χ4n) is 3.91. The molecule has 3 aromatic heterocycles. The third kappa shape index (κ3) is 4.62. The Morgan fingerprint density at radius 2 is 2.06 bits per heavy atom. The summed E-state index contributed by atoms with van der Waals surface area (Å²) in [6, 6.07) is 4.00. The molecule has 8 heteroatoms. The molecule has 164 valence electrons. The molecule has 4 heterocycles. The van der Waals surface area contributed by atoms with Gasteiger partial charge in [-0.3, -0.25) is 9.78 Å². The number of likely N-dealkylation sites (tertiary alicyclic amines) is 1. The SMILES string of the molecule is COc1cnccc1-c1cnn2ccc(NCC3CCC(=O)N3CCC(C)(C)C)nc12. The molecule has 8 nitrogen and oxygen atoms in total. The van der Waals surface area contributed by atoms with Gasteiger partial charge in [-0.05, 0) is 30.4 Å². The first kappa shape index (κ1) is 21.1. The van der Waals surface area contributed by atoms with Crippen molar-refractivity contribution in [3.63, 3.8) is 0 Å². The zero-order valence-electron chi connectivity index (χ0n) is 18.6. The van der Waals surface area contributed by atoms with Gasteiger partial charge >= 0.3 is 0 Å². The number of aromatic nitrogens is 4. The van der Waals surface area contributed by atoms with Crippen LogP contribution < -0.4 is 10.1 Å². The largest absolute Gasteiger partial charge is 0.494 e. The molecular weight excluding hydrogens is 392 g/mol. The van der Waals surface area contributed by atoms with Crippen LogP contribution in [0, 0.1) is 5.41 Å². The molecule has 1 unspecified atom stereocenters. The Bertz CT molecular complexity index is 1070. The molecule has 1 fully saturated rings. The van der Waals surface area contributed by atoms with Crippen LogP contribution in [0.1, 0.15) is 40.0 Å². The molecule has 1 aliphatic rings. The van der Waals surface area contributed by atoms with E-state index in [1.54, 1.807) is 30.2 Å². The number of ether oxygens (including phenoxy) is 1. The maximum absolute atomic E-state index is 12.4. The van der Waals surface area contributed by atoms with E-state index in [2.05, 4.69) is 36.2 Å². The molecule has 0 saturated carbocycles. The van der Waals surface area contributed by atoms with Crippen LogP contribution in [0.15, 0.2) is 36.9 Å². The minimum absolute atomic E-state index is 0.192. The van der Waals surface area contributed by atoms with E-state index in [1.165, 1.54) is 0 Å². The quantitative estimate of drug-likeness (QED) is 0.626. The minimum atomic E-state index is 0.192. The molecule has 4 rings (SSSR count). The van der Waals surface area contributed by atoms with E-state index >= 15 is 0 Å². The van der Waals surface area contributed by atoms with Gasteiger partial charge in [0.05, 0.1) is 25.1 Å². The van der Waals surface area contributed by atoms with Gasteiger partial charge in [0.2, 0.25) is 5.91 Å². The number of fused-ring (bicyclic) bond motifs is 1. The number of hydrogen-bond donors (Lipinski definition) is 1. The second-order valence-electron chi connectivity index (χ2n) is 9.19. The van der Waals surface area contributed by atoms with Crippen LogP contribution >= 0.6 is 0 Å². The monoisotopic (exact) mass is 422 g/mol. The summed E-state index contributed by atoms with van der Waals surface area (Å²) >= 11 is 0. The van der Waals surface area contributed by atoms with Crippen LogP contribution in [0.2, 0.25) is 0 Å². The van der Waals surface area contributed by atoms with Crippen molar-refractivity contribution in [1.82, 2.24) is 24.5 Å². The smallest absolute Gasteiger partial charge is 0.222 e. The lowest BCUT2D eigenvalue weighted by atomic mass is 9.92. The third-order valence-corrected chi connectivity index (χ3v) is 5.74. The van der Waals surface area contributed by atoms with Gasteiger partial charge in [0.1, 0.15) is 11.6 Å². The predicted molar refractivity (Wildman–Crippen MR) is 120 cm³/mol. The lowest BCUT2D eigenvalue weighted by molar-refractivity contribution is -0.129. The van der Waals surface area contributed by atoms with E-state index in [1.807, 2.05) is 23.2 Å². The van der Waals surface area contributed by atoms with Gasteiger partial charge in [-0.1, -0.05) is 20.8 Å². The highest BCUT2D eigenvalue weighted by atomic mass is 16.5. The molecule has 0 aliphatic carbocycles. The topological polar surface area (TPSA) is 84.7 Å². The molecular formula is C23H30N6O2. The molecule has 0 radical (unpaired) electrons. The number of rotatable bonds is 7. The highest BCUT2D eigenvalue weighted by Crippen LogP contribution is 2.31. The maximum Gasteiger partial charge on any atom is 0.222 e. The minimum Gasteiger partial charge on any atom is -0.494 e. The molecule has 1 amide bonds. The summed E-state index contributed by atoms with van der Waals surface area (Å²) in [6.45, 7) is 8.11. The molecule has 0 bridgehead atoms. The third-order valence-electron chi connectivity index (χ3n) is 5.74. The van der Waals surface area contributed by atoms with Crippen LogP contribution in [-0.4, -0.2) is 56.6 Å². The Hall–Kier alpha value is -3.16. The van der Waals surface area contributed by atoms with Crippen molar-refractivity contribution in [1.29, 1.82) is 0 Å². The number of nitrogens with zero attached hydrogens (tertiary/aromatic N) is 5. The van der Waals surface area contributed by atoms with Gasteiger partial charge in [0, 0.05) is 43.5 Å². The molecule has 1 saturated heterocycles. The Morgan fingerprint density at radius 3 is 2.84 bits per heavy atom. The summed E-state index contributed by atoms with van der Waals surface area (Å²) in [5, 5.41) is 7.85. The summed E-state index contributed by atoms with van der Waals surface area (Å²) in [7, 11) is 1.63. The fraction of sp³-hybridized carbons (Fsp3) is 0.478. The van der Waals surface area contributed by atoms with E-state index in [9.17, 15) is 4.79 Å². The van der Waals surface area contributed by atoms with Gasteiger partial charge in [-0.25, -0.2) is 9.50 Å². The van der Waals surface area contributed by atoms with Crippen molar-refractivity contribution < 1.29 is 9.53 Å². The summed E-state index contributed by atoms with van der Waals surface area (Å²) in [6.07, 6.45) is 9.58. The van der Waals surface area contributed by atoms with Crippen molar-refractivity contribution in [2.24, 2.45) is 5.41 Å². The number of nitrogens with one attached hydrogen (secondary N) is 1. The number of carbonyl (C=O) groups excluding carboxylic acids is 1. The zero-order valence-corrected chi connectivity index (χ0v) is 18.6. The number of carbonyl (C=O) groups is 1. The molecule has 31 heavy (non-hydrogen) atoms. The number of hydrogen-bond acceptors (Lipinski definition) is 6. The van der Waals surface area contributed by atoms with Gasteiger partial charge in [0.25, 0.3) is 0 Å². The molecule has 0 aromatic carbocycles. The second-order valence-corrected chi connectivity index (χ2v) is 9.19. The number of pyridine rings is 1. The predicted octanol–water partition coefficient (Wildman–Crippen LogP) is 3.64. The fourth-order valence-corrected chi connectivity index (χ4v) is 3.91. The Morgan fingerprint density at radius 1 is 1.23 bits per heavy atom. The lowest BCUT2D eigenvalue weighted by Gasteiger charge is -2.28.